The molecular formula is C22H28N4O4. The first kappa shape index (κ1) is 21.7. The van der Waals surface area contributed by atoms with Gasteiger partial charge in [-0.3, -0.25) is 19.8 Å². The van der Waals surface area contributed by atoms with Gasteiger partial charge < -0.3 is 15.4 Å². The molecule has 1 saturated heterocycles. The Hall–Kier alpha value is -2.97. The lowest BCUT2D eigenvalue weighted by Gasteiger charge is -2.37. The summed E-state index contributed by atoms with van der Waals surface area (Å²) in [6, 6.07) is 10.9. The fourth-order valence-electron chi connectivity index (χ4n) is 3.78. The SMILES string of the molecule is Cc1cc(COc2ccc(C(=O)NC3(CC(=O)NO)CCNCC3)cc2)cc(C)n1. The number of aromatic nitrogens is 1. The lowest BCUT2D eigenvalue weighted by molar-refractivity contribution is -0.130. The molecule has 0 saturated carbocycles. The van der Waals surface area contributed by atoms with Crippen LogP contribution in [0, 0.1) is 13.8 Å². The minimum Gasteiger partial charge on any atom is -0.489 e. The maximum atomic E-state index is 12.8. The number of nitrogens with one attached hydrogen (secondary N) is 3. The number of ether oxygens (including phenoxy) is 1. The van der Waals surface area contributed by atoms with Crippen LogP contribution in [0.2, 0.25) is 0 Å². The maximum absolute atomic E-state index is 12.8. The van der Waals surface area contributed by atoms with Crippen molar-refractivity contribution in [2.24, 2.45) is 0 Å². The summed E-state index contributed by atoms with van der Waals surface area (Å²) >= 11 is 0. The van der Waals surface area contributed by atoms with Gasteiger partial charge in [-0.2, -0.15) is 0 Å². The highest BCUT2D eigenvalue weighted by molar-refractivity contribution is 5.95. The summed E-state index contributed by atoms with van der Waals surface area (Å²) in [5, 5.41) is 15.1. The summed E-state index contributed by atoms with van der Waals surface area (Å²) in [5.74, 6) is -0.105. The molecule has 0 atom stereocenters. The van der Waals surface area contributed by atoms with E-state index in [0.717, 1.165) is 17.0 Å². The van der Waals surface area contributed by atoms with E-state index in [2.05, 4.69) is 15.6 Å². The molecule has 1 fully saturated rings. The Balaban J connectivity index is 1.62. The summed E-state index contributed by atoms with van der Waals surface area (Å²) in [5.41, 5.74) is 4.40. The first-order valence-electron chi connectivity index (χ1n) is 10.0. The smallest absolute Gasteiger partial charge is 0.251 e. The molecule has 2 aromatic rings. The molecule has 0 aliphatic carbocycles. The number of piperidine rings is 1. The van der Waals surface area contributed by atoms with Gasteiger partial charge in [-0.25, -0.2) is 5.48 Å². The van der Waals surface area contributed by atoms with Gasteiger partial charge in [0.2, 0.25) is 5.91 Å². The number of nitrogens with zero attached hydrogens (tertiary/aromatic N) is 1. The van der Waals surface area contributed by atoms with E-state index in [1.807, 2.05) is 26.0 Å². The first-order chi connectivity index (χ1) is 14.4. The van der Waals surface area contributed by atoms with Crippen molar-refractivity contribution in [1.29, 1.82) is 0 Å². The third kappa shape index (κ3) is 5.77. The molecule has 0 spiro atoms. The molecule has 1 aromatic heterocycles. The number of pyridine rings is 1. The van der Waals surface area contributed by atoms with Crippen molar-refractivity contribution in [1.82, 2.24) is 21.1 Å². The van der Waals surface area contributed by atoms with E-state index in [1.54, 1.807) is 29.7 Å². The second-order valence-electron chi connectivity index (χ2n) is 7.77. The Morgan fingerprint density at radius 2 is 1.77 bits per heavy atom. The van der Waals surface area contributed by atoms with E-state index < -0.39 is 11.4 Å². The number of hydrogen-bond acceptors (Lipinski definition) is 6. The number of rotatable bonds is 7. The molecule has 0 bridgehead atoms. The molecule has 0 radical (unpaired) electrons. The average Bonchev–Trinajstić information content (AvgIpc) is 2.72. The number of amides is 2. The van der Waals surface area contributed by atoms with Crippen molar-refractivity contribution in [2.45, 2.75) is 45.3 Å². The highest BCUT2D eigenvalue weighted by atomic mass is 16.5. The van der Waals surface area contributed by atoms with Crippen molar-refractivity contribution in [3.63, 3.8) is 0 Å². The number of carbonyl (C=O) groups is 2. The van der Waals surface area contributed by atoms with Gasteiger partial charge in [0, 0.05) is 17.0 Å². The Labute approximate surface area is 176 Å². The van der Waals surface area contributed by atoms with Gasteiger partial charge in [0.15, 0.2) is 0 Å². The Morgan fingerprint density at radius 3 is 2.37 bits per heavy atom. The van der Waals surface area contributed by atoms with Crippen molar-refractivity contribution in [3.8, 4) is 5.75 Å². The molecule has 3 rings (SSSR count). The van der Waals surface area contributed by atoms with Crippen LogP contribution in [0.1, 0.15) is 46.6 Å². The summed E-state index contributed by atoms with van der Waals surface area (Å²) in [4.78, 5) is 28.9. The number of aryl methyl sites for hydroxylation is 2. The monoisotopic (exact) mass is 412 g/mol. The molecule has 8 nitrogen and oxygen atoms in total. The predicted octanol–water partition coefficient (Wildman–Crippen LogP) is 2.02. The molecule has 30 heavy (non-hydrogen) atoms. The number of hydrogen-bond donors (Lipinski definition) is 4. The maximum Gasteiger partial charge on any atom is 0.251 e. The zero-order valence-corrected chi connectivity index (χ0v) is 17.3. The normalized spacial score (nSPS) is 15.3. The van der Waals surface area contributed by atoms with E-state index >= 15 is 0 Å². The van der Waals surface area contributed by atoms with Crippen molar-refractivity contribution >= 4 is 11.8 Å². The van der Waals surface area contributed by atoms with E-state index in [4.69, 9.17) is 9.94 Å². The Kier molecular flexibility index (Phi) is 7.02. The Bertz CT molecular complexity index is 872. The minimum atomic E-state index is -0.679. The second kappa shape index (κ2) is 9.69. The van der Waals surface area contributed by atoms with Gasteiger partial charge >= 0.3 is 0 Å². The van der Waals surface area contributed by atoms with Gasteiger partial charge in [-0.15, -0.1) is 0 Å². The predicted molar refractivity (Wildman–Crippen MR) is 111 cm³/mol. The first-order valence-corrected chi connectivity index (χ1v) is 10.0. The minimum absolute atomic E-state index is 0.0306. The zero-order valence-electron chi connectivity index (χ0n) is 17.3. The molecule has 0 unspecified atom stereocenters. The fourth-order valence-corrected chi connectivity index (χ4v) is 3.78. The van der Waals surface area contributed by atoms with Crippen molar-refractivity contribution in [2.75, 3.05) is 13.1 Å². The Morgan fingerprint density at radius 1 is 1.13 bits per heavy atom. The van der Waals surface area contributed by atoms with E-state index in [1.165, 1.54) is 0 Å². The summed E-state index contributed by atoms with van der Waals surface area (Å²) in [7, 11) is 0. The van der Waals surface area contributed by atoms with Gasteiger partial charge in [0.1, 0.15) is 12.4 Å². The average molecular weight is 412 g/mol. The van der Waals surface area contributed by atoms with Crippen LogP contribution >= 0.6 is 0 Å². The summed E-state index contributed by atoms with van der Waals surface area (Å²) in [6.45, 7) is 5.70. The molecule has 160 valence electrons. The molecule has 4 N–H and O–H groups in total. The van der Waals surface area contributed by atoms with Crippen LogP contribution in [0.15, 0.2) is 36.4 Å². The number of benzene rings is 1. The van der Waals surface area contributed by atoms with E-state index in [-0.39, 0.29) is 12.3 Å². The van der Waals surface area contributed by atoms with Crippen LogP contribution in [0.25, 0.3) is 0 Å². The highest BCUT2D eigenvalue weighted by Crippen LogP contribution is 2.24. The fraction of sp³-hybridized carbons (Fsp3) is 0.409. The standard InChI is InChI=1S/C22H28N4O4/c1-15-11-17(12-16(2)24-15)14-30-19-5-3-18(4-6-19)21(28)25-22(13-20(27)26-29)7-9-23-10-8-22/h3-6,11-12,23,29H,7-10,13-14H2,1-2H3,(H,25,28)(H,26,27). The molecule has 1 aromatic carbocycles. The van der Waals surface area contributed by atoms with E-state index in [0.29, 0.717) is 43.9 Å². The highest BCUT2D eigenvalue weighted by Gasteiger charge is 2.36. The van der Waals surface area contributed by atoms with Crippen LogP contribution in [-0.4, -0.2) is 40.6 Å². The van der Waals surface area contributed by atoms with Crippen LogP contribution in [0.3, 0.4) is 0 Å². The van der Waals surface area contributed by atoms with Crippen molar-refractivity contribution in [3.05, 3.63) is 58.9 Å². The molecule has 1 aliphatic heterocycles. The lowest BCUT2D eigenvalue weighted by atomic mass is 9.84. The zero-order chi connectivity index (χ0) is 21.6. The summed E-state index contributed by atoms with van der Waals surface area (Å²) < 4.78 is 5.83. The van der Waals surface area contributed by atoms with Crippen LogP contribution in [0.4, 0.5) is 0 Å². The molecular weight excluding hydrogens is 384 g/mol. The topological polar surface area (TPSA) is 113 Å². The van der Waals surface area contributed by atoms with E-state index in [9.17, 15) is 9.59 Å². The van der Waals surface area contributed by atoms with Crippen LogP contribution in [-0.2, 0) is 11.4 Å². The van der Waals surface area contributed by atoms with Crippen molar-refractivity contribution < 1.29 is 19.5 Å². The largest absolute Gasteiger partial charge is 0.489 e. The molecule has 2 amide bonds. The van der Waals surface area contributed by atoms with Crippen LogP contribution < -0.4 is 20.9 Å². The molecule has 2 heterocycles. The second-order valence-corrected chi connectivity index (χ2v) is 7.77. The van der Waals surface area contributed by atoms with Gasteiger partial charge in [0.05, 0.1) is 12.0 Å². The number of hydroxylamine groups is 1. The quantitative estimate of drug-likeness (QED) is 0.409. The molecule has 1 aliphatic rings. The third-order valence-corrected chi connectivity index (χ3v) is 5.23. The van der Waals surface area contributed by atoms with Gasteiger partial charge in [-0.1, -0.05) is 0 Å². The lowest BCUT2D eigenvalue weighted by Crippen LogP contribution is -2.56. The van der Waals surface area contributed by atoms with Crippen LogP contribution in [0.5, 0.6) is 5.75 Å². The third-order valence-electron chi connectivity index (χ3n) is 5.23. The molecule has 8 heteroatoms. The van der Waals surface area contributed by atoms with Gasteiger partial charge in [0.25, 0.3) is 5.91 Å². The summed E-state index contributed by atoms with van der Waals surface area (Å²) in [6.07, 6.45) is 1.25. The van der Waals surface area contributed by atoms with Gasteiger partial charge in [-0.05, 0) is 81.7 Å². The number of carbonyl (C=O) groups excluding carboxylic acids is 2.